The van der Waals surface area contributed by atoms with Gasteiger partial charge in [0.05, 0.1) is 11.7 Å². The lowest BCUT2D eigenvalue weighted by atomic mass is 9.85. The molecule has 0 radical (unpaired) electrons. The van der Waals surface area contributed by atoms with Gasteiger partial charge in [-0.25, -0.2) is 14.0 Å². The molecule has 1 saturated carbocycles. The minimum absolute atomic E-state index is 0.133. The number of nitrogens with zero attached hydrogens (tertiary/aromatic N) is 1. The van der Waals surface area contributed by atoms with Crippen LogP contribution in [0.15, 0.2) is 63.9 Å². The monoisotopic (exact) mass is 607 g/mol. The van der Waals surface area contributed by atoms with Gasteiger partial charge in [0, 0.05) is 35.0 Å². The lowest BCUT2D eigenvalue weighted by molar-refractivity contribution is -0.137. The highest BCUT2D eigenvalue weighted by Crippen LogP contribution is 2.49. The van der Waals surface area contributed by atoms with Crippen LogP contribution in [-0.2, 0) is 15.8 Å². The first-order valence-corrected chi connectivity index (χ1v) is 14.7. The first kappa shape index (κ1) is 31.8. The maximum Gasteiger partial charge on any atom is 0.416 e. The Morgan fingerprint density at radius 3 is 2.14 bits per heavy atom. The van der Waals surface area contributed by atoms with Crippen LogP contribution in [0.3, 0.4) is 0 Å². The third-order valence-corrected chi connectivity index (χ3v) is 8.99. The van der Waals surface area contributed by atoms with Crippen molar-refractivity contribution in [1.82, 2.24) is 4.90 Å². The van der Waals surface area contributed by atoms with Gasteiger partial charge >= 0.3 is 18.1 Å². The summed E-state index contributed by atoms with van der Waals surface area (Å²) in [5.74, 6) is -2.18. The number of piperidine rings is 1. The summed E-state index contributed by atoms with van der Waals surface area (Å²) in [7, 11) is 0. The number of alkyl halides is 3. The number of benzene rings is 2. The Kier molecular flexibility index (Phi) is 10.5. The summed E-state index contributed by atoms with van der Waals surface area (Å²) < 4.78 is 54.5. The average Bonchev–Trinajstić information content (AvgIpc) is 2.94. The molecule has 1 aliphatic carbocycles. The quantitative estimate of drug-likeness (QED) is 0.215. The van der Waals surface area contributed by atoms with Crippen LogP contribution in [0.25, 0.3) is 5.57 Å². The van der Waals surface area contributed by atoms with E-state index in [1.165, 1.54) is 36.0 Å². The molecular weight excluding hydrogens is 574 g/mol. The minimum Gasteiger partial charge on any atom is -0.478 e. The van der Waals surface area contributed by atoms with Gasteiger partial charge in [0.15, 0.2) is 0 Å². The summed E-state index contributed by atoms with van der Waals surface area (Å²) in [5.41, 5.74) is 2.82. The standard InChI is InChI=1S/C27H29F4NOS.C4H4O4/c28-20-4-7-22-25(16-20)34-24-8-3-19(27(29,30)31)15-23(24)26(22)18-10-13-32(14-11-18)12-9-17-1-5-21(33)6-2-17;5-3(6)1-2-4(7)8/h3-4,7-8,15-17,21,33H,1-2,5-6,9-14H2;1-2H,(H,5,6)(H,7,8)/b;2-1-. The Morgan fingerprint density at radius 1 is 0.905 bits per heavy atom. The van der Waals surface area contributed by atoms with Crippen LogP contribution < -0.4 is 0 Å². The van der Waals surface area contributed by atoms with Crippen molar-refractivity contribution in [2.45, 2.75) is 67.0 Å². The summed E-state index contributed by atoms with van der Waals surface area (Å²) in [6, 6.07) is 8.50. The molecule has 5 rings (SSSR count). The second-order valence-electron chi connectivity index (χ2n) is 10.7. The molecule has 3 N–H and O–H groups in total. The molecule has 2 aliphatic heterocycles. The summed E-state index contributed by atoms with van der Waals surface area (Å²) in [6.45, 7) is 2.79. The zero-order chi connectivity index (χ0) is 30.4. The first-order chi connectivity index (χ1) is 19.9. The molecule has 0 amide bonds. The van der Waals surface area contributed by atoms with E-state index in [0.29, 0.717) is 23.6 Å². The smallest absolute Gasteiger partial charge is 0.416 e. The molecule has 0 aromatic heterocycles. The molecule has 0 atom stereocenters. The number of hydrogen-bond acceptors (Lipinski definition) is 5. The Morgan fingerprint density at radius 2 is 1.55 bits per heavy atom. The Hall–Kier alpha value is -3.15. The van der Waals surface area contributed by atoms with Crippen molar-refractivity contribution in [3.05, 3.63) is 76.6 Å². The lowest BCUT2D eigenvalue weighted by Gasteiger charge is -2.33. The number of halogens is 4. The van der Waals surface area contributed by atoms with Crippen molar-refractivity contribution in [2.75, 3.05) is 19.6 Å². The summed E-state index contributed by atoms with van der Waals surface area (Å²) >= 11 is 1.34. The van der Waals surface area contributed by atoms with Gasteiger partial charge in [0.25, 0.3) is 0 Å². The van der Waals surface area contributed by atoms with E-state index in [1.54, 1.807) is 6.07 Å². The summed E-state index contributed by atoms with van der Waals surface area (Å²) in [6.07, 6.45) is 3.30. The highest BCUT2D eigenvalue weighted by molar-refractivity contribution is 7.99. The molecule has 6 nitrogen and oxygen atoms in total. The van der Waals surface area contributed by atoms with Gasteiger partial charge in [-0.05, 0) is 104 Å². The highest BCUT2D eigenvalue weighted by atomic mass is 32.2. The van der Waals surface area contributed by atoms with E-state index in [4.69, 9.17) is 10.2 Å². The zero-order valence-corrected chi connectivity index (χ0v) is 23.7. The molecule has 3 aliphatic rings. The Bertz CT molecular complexity index is 1340. The van der Waals surface area contributed by atoms with Crippen molar-refractivity contribution >= 4 is 29.3 Å². The van der Waals surface area contributed by atoms with Crippen LogP contribution in [0.4, 0.5) is 17.6 Å². The number of carbonyl (C=O) groups is 2. The molecule has 2 heterocycles. The van der Waals surface area contributed by atoms with Crippen molar-refractivity contribution in [3.8, 4) is 0 Å². The number of aliphatic hydroxyl groups excluding tert-OH is 1. The molecule has 11 heteroatoms. The highest BCUT2D eigenvalue weighted by Gasteiger charge is 2.34. The van der Waals surface area contributed by atoms with Crippen molar-refractivity contribution in [1.29, 1.82) is 0 Å². The zero-order valence-electron chi connectivity index (χ0n) is 22.9. The van der Waals surface area contributed by atoms with E-state index in [2.05, 4.69) is 4.90 Å². The number of aliphatic carboxylic acids is 2. The normalized spacial score (nSPS) is 20.9. The minimum atomic E-state index is -4.41. The first-order valence-electron chi connectivity index (χ1n) is 13.9. The molecule has 2 aromatic rings. The number of carboxylic acids is 2. The third kappa shape index (κ3) is 8.45. The largest absolute Gasteiger partial charge is 0.478 e. The number of aliphatic hydroxyl groups is 1. The predicted molar refractivity (Wildman–Crippen MR) is 151 cm³/mol. The van der Waals surface area contributed by atoms with Gasteiger partial charge in [0.2, 0.25) is 0 Å². The van der Waals surface area contributed by atoms with Crippen LogP contribution in [0.5, 0.6) is 0 Å². The van der Waals surface area contributed by atoms with Crippen molar-refractivity contribution in [2.24, 2.45) is 5.92 Å². The van der Waals surface area contributed by atoms with Crippen molar-refractivity contribution in [3.63, 3.8) is 0 Å². The van der Waals surface area contributed by atoms with Crippen LogP contribution in [0, 0.1) is 11.7 Å². The van der Waals surface area contributed by atoms with E-state index in [1.807, 2.05) is 0 Å². The SMILES string of the molecule is O=C(O)/C=C\C(=O)O.OC1CCC(CCN2CCC(=C3c4ccc(F)cc4Sc4ccc(C(F)(F)F)cc43)CC2)CC1. The third-order valence-electron chi connectivity index (χ3n) is 7.86. The van der Waals surface area contributed by atoms with Crippen LogP contribution >= 0.6 is 11.8 Å². The van der Waals surface area contributed by atoms with Gasteiger partial charge in [-0.3, -0.25) is 0 Å². The van der Waals surface area contributed by atoms with Gasteiger partial charge in [-0.15, -0.1) is 0 Å². The Balaban J connectivity index is 0.000000446. The number of hydrogen-bond donors (Lipinski definition) is 3. The number of carboxylic acid groups (broad SMARTS) is 2. The van der Waals surface area contributed by atoms with Crippen LogP contribution in [-0.4, -0.2) is 57.9 Å². The van der Waals surface area contributed by atoms with Gasteiger partial charge in [0.1, 0.15) is 5.82 Å². The maximum absolute atomic E-state index is 14.0. The van der Waals surface area contributed by atoms with Crippen LogP contribution in [0.2, 0.25) is 0 Å². The number of rotatable bonds is 5. The summed E-state index contributed by atoms with van der Waals surface area (Å²) in [4.78, 5) is 23.1. The second-order valence-corrected chi connectivity index (χ2v) is 11.8. The van der Waals surface area contributed by atoms with Crippen molar-refractivity contribution < 1.29 is 42.5 Å². The Labute approximate surface area is 245 Å². The number of likely N-dealkylation sites (tertiary alicyclic amines) is 1. The van der Waals surface area contributed by atoms with E-state index in [9.17, 15) is 32.3 Å². The molecule has 226 valence electrons. The molecule has 0 spiro atoms. The fourth-order valence-corrected chi connectivity index (χ4v) is 6.76. The molecule has 2 aromatic carbocycles. The molecule has 0 unspecified atom stereocenters. The molecule has 1 saturated heterocycles. The lowest BCUT2D eigenvalue weighted by Crippen LogP contribution is -2.33. The van der Waals surface area contributed by atoms with E-state index in [0.717, 1.165) is 97.1 Å². The molecule has 42 heavy (non-hydrogen) atoms. The summed E-state index contributed by atoms with van der Waals surface area (Å²) in [5, 5.41) is 25.3. The molecular formula is C31H33F4NO5S. The van der Waals surface area contributed by atoms with Gasteiger partial charge < -0.3 is 20.2 Å². The fraction of sp³-hybridized carbons (Fsp3) is 0.419. The number of fused-ring (bicyclic) bond motifs is 2. The molecule has 0 bridgehead atoms. The molecule has 2 fully saturated rings. The van der Waals surface area contributed by atoms with E-state index in [-0.39, 0.29) is 11.9 Å². The maximum atomic E-state index is 14.0. The van der Waals surface area contributed by atoms with Gasteiger partial charge in [-0.1, -0.05) is 23.4 Å². The second kappa shape index (κ2) is 13.9. The average molecular weight is 608 g/mol. The van der Waals surface area contributed by atoms with Gasteiger partial charge in [-0.2, -0.15) is 13.2 Å². The topological polar surface area (TPSA) is 98.1 Å². The predicted octanol–water partition coefficient (Wildman–Crippen LogP) is 6.86. The van der Waals surface area contributed by atoms with E-state index >= 15 is 0 Å². The van der Waals surface area contributed by atoms with Crippen LogP contribution in [0.1, 0.15) is 61.6 Å². The van der Waals surface area contributed by atoms with E-state index < -0.39 is 23.7 Å². The fourth-order valence-electron chi connectivity index (χ4n) is 5.66.